The molecule has 0 bridgehead atoms. The molecule has 1 fully saturated rings. The summed E-state index contributed by atoms with van der Waals surface area (Å²) >= 11 is 0. The van der Waals surface area contributed by atoms with Crippen molar-refractivity contribution in [2.75, 3.05) is 31.9 Å². The number of hydrogen-bond acceptors (Lipinski definition) is 4. The second kappa shape index (κ2) is 6.06. The van der Waals surface area contributed by atoms with Crippen molar-refractivity contribution in [3.63, 3.8) is 0 Å². The summed E-state index contributed by atoms with van der Waals surface area (Å²) in [7, 11) is 1.75. The van der Waals surface area contributed by atoms with E-state index in [2.05, 4.69) is 15.3 Å². The first kappa shape index (κ1) is 13.9. The maximum Gasteiger partial charge on any atom is 0.271 e. The number of rotatable bonds is 5. The molecule has 2 rings (SSSR count). The van der Waals surface area contributed by atoms with E-state index in [0.29, 0.717) is 17.9 Å². The molecule has 6 nitrogen and oxygen atoms in total. The van der Waals surface area contributed by atoms with Crippen molar-refractivity contribution >= 4 is 11.6 Å². The molecule has 1 aromatic rings. The van der Waals surface area contributed by atoms with Gasteiger partial charge in [-0.25, -0.2) is 0 Å². The Kier molecular flexibility index (Phi) is 4.42. The van der Waals surface area contributed by atoms with E-state index in [1.54, 1.807) is 11.7 Å². The largest absolute Gasteiger partial charge is 0.395 e. The molecule has 2 heterocycles. The molecule has 0 saturated carbocycles. The van der Waals surface area contributed by atoms with Crippen molar-refractivity contribution in [2.45, 2.75) is 26.2 Å². The first-order valence-electron chi connectivity index (χ1n) is 6.95. The summed E-state index contributed by atoms with van der Waals surface area (Å²) in [5.74, 6) is -0.133. The minimum absolute atomic E-state index is 0.133. The highest BCUT2D eigenvalue weighted by Gasteiger charge is 2.19. The van der Waals surface area contributed by atoms with Gasteiger partial charge >= 0.3 is 0 Å². The fraction of sp³-hybridized carbons (Fsp3) is 0.692. The summed E-state index contributed by atoms with van der Waals surface area (Å²) in [5.41, 5.74) is 7.71. The molecule has 0 atom stereocenters. The van der Waals surface area contributed by atoms with Crippen molar-refractivity contribution in [3.05, 3.63) is 11.4 Å². The number of carbonyl (C=O) groups is 1. The second-order valence-corrected chi connectivity index (χ2v) is 4.99. The van der Waals surface area contributed by atoms with Crippen LogP contribution >= 0.6 is 0 Å². The first-order valence-corrected chi connectivity index (χ1v) is 6.95. The summed E-state index contributed by atoms with van der Waals surface area (Å²) in [6, 6.07) is 0. The number of aryl methyl sites for hydroxylation is 2. The molecule has 6 heteroatoms. The number of anilines is 1. The van der Waals surface area contributed by atoms with E-state index in [0.717, 1.165) is 31.7 Å². The fourth-order valence-electron chi connectivity index (χ4n) is 2.54. The van der Waals surface area contributed by atoms with E-state index in [4.69, 9.17) is 5.73 Å². The van der Waals surface area contributed by atoms with Gasteiger partial charge < -0.3 is 16.0 Å². The summed E-state index contributed by atoms with van der Waals surface area (Å²) in [4.78, 5) is 14.5. The zero-order valence-corrected chi connectivity index (χ0v) is 11.8. The van der Waals surface area contributed by atoms with Crippen LogP contribution in [0.4, 0.5) is 5.69 Å². The third-order valence-electron chi connectivity index (χ3n) is 3.62. The lowest BCUT2D eigenvalue weighted by atomic mass is 10.2. The van der Waals surface area contributed by atoms with Gasteiger partial charge in [-0.05, 0) is 32.4 Å². The third-order valence-corrected chi connectivity index (χ3v) is 3.62. The number of aromatic nitrogens is 2. The highest BCUT2D eigenvalue weighted by Crippen LogP contribution is 2.16. The van der Waals surface area contributed by atoms with Gasteiger partial charge in [-0.1, -0.05) is 6.92 Å². The van der Waals surface area contributed by atoms with Gasteiger partial charge in [0.1, 0.15) is 5.69 Å². The van der Waals surface area contributed by atoms with Gasteiger partial charge in [-0.15, -0.1) is 0 Å². The molecule has 0 unspecified atom stereocenters. The predicted octanol–water partition coefficient (Wildman–Crippen LogP) is 0.390. The summed E-state index contributed by atoms with van der Waals surface area (Å²) in [5, 5.41) is 7.18. The average molecular weight is 265 g/mol. The average Bonchev–Trinajstić information content (AvgIpc) is 2.97. The number of nitrogens with zero attached hydrogens (tertiary/aromatic N) is 3. The quantitative estimate of drug-likeness (QED) is 0.807. The van der Waals surface area contributed by atoms with Crippen LogP contribution in [0.15, 0.2) is 0 Å². The SMILES string of the molecule is CCc1nn(C)c(C(=O)NCCN2CCCC2)c1N. The first-order chi connectivity index (χ1) is 9.13. The van der Waals surface area contributed by atoms with Gasteiger partial charge in [0.2, 0.25) is 0 Å². The van der Waals surface area contributed by atoms with Crippen LogP contribution in [-0.2, 0) is 13.5 Å². The third kappa shape index (κ3) is 3.07. The van der Waals surface area contributed by atoms with Crippen molar-refractivity contribution in [2.24, 2.45) is 7.05 Å². The maximum atomic E-state index is 12.1. The normalized spacial score (nSPS) is 15.9. The molecule has 0 aromatic carbocycles. The van der Waals surface area contributed by atoms with Crippen LogP contribution < -0.4 is 11.1 Å². The molecule has 0 aliphatic carbocycles. The lowest BCUT2D eigenvalue weighted by Gasteiger charge is -2.14. The van der Waals surface area contributed by atoms with Crippen molar-refractivity contribution in [1.82, 2.24) is 20.0 Å². The second-order valence-electron chi connectivity index (χ2n) is 4.99. The monoisotopic (exact) mass is 265 g/mol. The van der Waals surface area contributed by atoms with Crippen molar-refractivity contribution in [3.8, 4) is 0 Å². The van der Waals surface area contributed by atoms with E-state index in [1.165, 1.54) is 12.8 Å². The maximum absolute atomic E-state index is 12.1. The molecule has 19 heavy (non-hydrogen) atoms. The number of amides is 1. The molecule has 1 aliphatic heterocycles. The molecular weight excluding hydrogens is 242 g/mol. The van der Waals surface area contributed by atoms with Gasteiger partial charge in [-0.3, -0.25) is 9.48 Å². The highest BCUT2D eigenvalue weighted by molar-refractivity contribution is 5.97. The molecular formula is C13H23N5O. The molecule has 0 spiro atoms. The standard InChI is InChI=1S/C13H23N5O/c1-3-10-11(14)12(17(2)16-10)13(19)15-6-9-18-7-4-5-8-18/h3-9,14H2,1-2H3,(H,15,19). The number of nitrogens with two attached hydrogens (primary N) is 1. The van der Waals surface area contributed by atoms with Crippen LogP contribution in [-0.4, -0.2) is 46.8 Å². The van der Waals surface area contributed by atoms with Crippen LogP contribution in [0.3, 0.4) is 0 Å². The highest BCUT2D eigenvalue weighted by atomic mass is 16.2. The molecule has 106 valence electrons. The summed E-state index contributed by atoms with van der Waals surface area (Å²) < 4.78 is 1.57. The Hall–Kier alpha value is -1.56. The Morgan fingerprint density at radius 2 is 2.11 bits per heavy atom. The summed E-state index contributed by atoms with van der Waals surface area (Å²) in [6.07, 6.45) is 3.27. The Labute approximate surface area is 113 Å². The number of nitrogens with one attached hydrogen (secondary N) is 1. The number of hydrogen-bond donors (Lipinski definition) is 2. The van der Waals surface area contributed by atoms with Crippen LogP contribution in [0.2, 0.25) is 0 Å². The Morgan fingerprint density at radius 3 is 2.68 bits per heavy atom. The van der Waals surface area contributed by atoms with Crippen LogP contribution in [0, 0.1) is 0 Å². The van der Waals surface area contributed by atoms with E-state index in [9.17, 15) is 4.79 Å². The molecule has 1 amide bonds. The van der Waals surface area contributed by atoms with Crippen LogP contribution in [0.5, 0.6) is 0 Å². The van der Waals surface area contributed by atoms with E-state index in [-0.39, 0.29) is 5.91 Å². The minimum Gasteiger partial charge on any atom is -0.395 e. The lowest BCUT2D eigenvalue weighted by molar-refractivity contribution is 0.0941. The number of carbonyl (C=O) groups excluding carboxylic acids is 1. The van der Waals surface area contributed by atoms with Gasteiger partial charge in [0.25, 0.3) is 5.91 Å². The van der Waals surface area contributed by atoms with Crippen LogP contribution in [0.1, 0.15) is 35.9 Å². The Balaban J connectivity index is 1.90. The topological polar surface area (TPSA) is 76.2 Å². The van der Waals surface area contributed by atoms with Gasteiger partial charge in [0.05, 0.1) is 11.4 Å². The number of likely N-dealkylation sites (tertiary alicyclic amines) is 1. The number of nitrogen functional groups attached to an aromatic ring is 1. The summed E-state index contributed by atoms with van der Waals surface area (Å²) in [6.45, 7) is 5.83. The van der Waals surface area contributed by atoms with Crippen LogP contribution in [0.25, 0.3) is 0 Å². The minimum atomic E-state index is -0.133. The molecule has 0 radical (unpaired) electrons. The van der Waals surface area contributed by atoms with E-state index in [1.807, 2.05) is 6.92 Å². The van der Waals surface area contributed by atoms with E-state index < -0.39 is 0 Å². The van der Waals surface area contributed by atoms with Gasteiger partial charge in [0.15, 0.2) is 0 Å². The van der Waals surface area contributed by atoms with Gasteiger partial charge in [-0.2, -0.15) is 5.10 Å². The zero-order chi connectivity index (χ0) is 13.8. The van der Waals surface area contributed by atoms with Crippen molar-refractivity contribution < 1.29 is 4.79 Å². The molecule has 1 saturated heterocycles. The van der Waals surface area contributed by atoms with Crippen molar-refractivity contribution in [1.29, 1.82) is 0 Å². The molecule has 1 aromatic heterocycles. The van der Waals surface area contributed by atoms with Gasteiger partial charge in [0, 0.05) is 20.1 Å². The smallest absolute Gasteiger partial charge is 0.271 e. The molecule has 1 aliphatic rings. The fourth-order valence-corrected chi connectivity index (χ4v) is 2.54. The molecule has 3 N–H and O–H groups in total. The van der Waals surface area contributed by atoms with E-state index >= 15 is 0 Å². The Bertz CT molecular complexity index is 448. The Morgan fingerprint density at radius 1 is 1.42 bits per heavy atom. The zero-order valence-electron chi connectivity index (χ0n) is 11.8. The lowest BCUT2D eigenvalue weighted by Crippen LogP contribution is -2.34. The predicted molar refractivity (Wildman–Crippen MR) is 75.0 cm³/mol.